The molecule has 1 aromatic heterocycles. The van der Waals surface area contributed by atoms with E-state index in [-0.39, 0.29) is 12.8 Å². The summed E-state index contributed by atoms with van der Waals surface area (Å²) < 4.78 is 0. The molecule has 3 aromatic carbocycles. The van der Waals surface area contributed by atoms with E-state index in [1.54, 1.807) is 0 Å². The number of nitrogens with zero attached hydrogens (tertiary/aromatic N) is 1. The first-order valence-electron chi connectivity index (χ1n) is 14.0. The Morgan fingerprint density at radius 3 is 2.40 bits per heavy atom. The van der Waals surface area contributed by atoms with E-state index in [1.165, 1.54) is 11.1 Å². The lowest BCUT2D eigenvalue weighted by molar-refractivity contribution is -0.138. The van der Waals surface area contributed by atoms with Crippen LogP contribution < -0.4 is 0 Å². The number of halogens is 1. The summed E-state index contributed by atoms with van der Waals surface area (Å²) in [5.74, 6) is 0.0285. The van der Waals surface area contributed by atoms with Crippen molar-refractivity contribution < 1.29 is 15.0 Å². The van der Waals surface area contributed by atoms with Crippen LogP contribution in [0.1, 0.15) is 74.9 Å². The predicted molar refractivity (Wildman–Crippen MR) is 180 cm³/mol. The molecule has 1 aliphatic rings. The molecule has 0 atom stereocenters. The van der Waals surface area contributed by atoms with Gasteiger partial charge >= 0.3 is 5.97 Å². The number of hydrogen-bond acceptors (Lipinski definition) is 4. The molecule has 1 heterocycles. The Morgan fingerprint density at radius 2 is 1.74 bits per heavy atom. The van der Waals surface area contributed by atoms with Gasteiger partial charge in [0.15, 0.2) is 0 Å². The van der Waals surface area contributed by atoms with E-state index in [0.29, 0.717) is 11.4 Å². The number of carboxylic acid groups (broad SMARTS) is 1. The van der Waals surface area contributed by atoms with Crippen molar-refractivity contribution in [2.45, 2.75) is 65.4 Å². The highest BCUT2D eigenvalue weighted by Gasteiger charge is 2.42. The maximum Gasteiger partial charge on any atom is 0.303 e. The highest BCUT2D eigenvalue weighted by molar-refractivity contribution is 7.80. The number of carbonyl (C=O) groups is 1. The average molecular weight is 604 g/mol. The molecule has 4 nitrogen and oxygen atoms in total. The number of thiol groups is 1. The first-order chi connectivity index (χ1) is 19.6. The van der Waals surface area contributed by atoms with Gasteiger partial charge in [-0.15, -0.1) is 0 Å². The van der Waals surface area contributed by atoms with Crippen LogP contribution in [0, 0.1) is 5.41 Å². The van der Waals surface area contributed by atoms with Crippen molar-refractivity contribution in [2.24, 2.45) is 5.41 Å². The second-order valence-corrected chi connectivity index (χ2v) is 12.2. The SMILES string of the molecule is C.CC(C)(O)c1ccccc1CCCc1cccc(/C=C/c2ccc3ccc(Cl)cc3n2)c1.O=C(O)CC1(CS)CC1. The van der Waals surface area contributed by atoms with Crippen LogP contribution in [0.3, 0.4) is 0 Å². The Morgan fingerprint density at radius 1 is 1.00 bits per heavy atom. The van der Waals surface area contributed by atoms with Gasteiger partial charge in [0.25, 0.3) is 0 Å². The van der Waals surface area contributed by atoms with Crippen molar-refractivity contribution in [1.29, 1.82) is 0 Å². The van der Waals surface area contributed by atoms with Gasteiger partial charge in [-0.1, -0.05) is 85.8 Å². The zero-order chi connectivity index (χ0) is 29.5. The van der Waals surface area contributed by atoms with E-state index in [1.807, 2.05) is 62.4 Å². The van der Waals surface area contributed by atoms with Crippen LogP contribution in [-0.4, -0.2) is 26.9 Å². The van der Waals surface area contributed by atoms with Crippen LogP contribution in [0.15, 0.2) is 78.9 Å². The number of pyridine rings is 1. The summed E-state index contributed by atoms with van der Waals surface area (Å²) in [7, 11) is 0. The first-order valence-corrected chi connectivity index (χ1v) is 15.0. The van der Waals surface area contributed by atoms with Gasteiger partial charge in [-0.2, -0.15) is 12.6 Å². The Balaban J connectivity index is 0.000000415. The number of benzene rings is 3. The molecule has 222 valence electrons. The Hall–Kier alpha value is -3.12. The molecule has 42 heavy (non-hydrogen) atoms. The fraction of sp³-hybridized carbons (Fsp3) is 0.333. The average Bonchev–Trinajstić information content (AvgIpc) is 3.71. The lowest BCUT2D eigenvalue weighted by Crippen LogP contribution is -2.18. The Labute approximate surface area is 260 Å². The number of hydrogen-bond donors (Lipinski definition) is 3. The van der Waals surface area contributed by atoms with Gasteiger partial charge in [0.2, 0.25) is 0 Å². The minimum Gasteiger partial charge on any atom is -0.481 e. The zero-order valence-corrected chi connectivity index (χ0v) is 25.3. The topological polar surface area (TPSA) is 70.4 Å². The van der Waals surface area contributed by atoms with Crippen LogP contribution >= 0.6 is 24.2 Å². The Kier molecular flexibility index (Phi) is 11.8. The van der Waals surface area contributed by atoms with Crippen molar-refractivity contribution in [2.75, 3.05) is 5.75 Å². The van der Waals surface area contributed by atoms with Crippen molar-refractivity contribution in [3.63, 3.8) is 0 Å². The molecule has 2 N–H and O–H groups in total. The minimum atomic E-state index is -0.816. The molecule has 0 saturated heterocycles. The third-order valence-electron chi connectivity index (χ3n) is 7.48. The maximum atomic E-state index is 10.4. The van der Waals surface area contributed by atoms with E-state index in [0.717, 1.165) is 65.6 Å². The molecule has 0 unspecified atom stereocenters. The lowest BCUT2D eigenvalue weighted by atomic mass is 9.90. The molecule has 0 spiro atoms. The van der Waals surface area contributed by atoms with E-state index >= 15 is 0 Å². The number of aliphatic hydroxyl groups is 1. The normalized spacial score (nSPS) is 13.7. The van der Waals surface area contributed by atoms with Crippen LogP contribution in [0.2, 0.25) is 5.02 Å². The van der Waals surface area contributed by atoms with Gasteiger partial charge in [-0.25, -0.2) is 4.98 Å². The van der Waals surface area contributed by atoms with Crippen LogP contribution in [-0.2, 0) is 23.2 Å². The molecule has 5 rings (SSSR count). The quantitative estimate of drug-likeness (QED) is 0.158. The largest absolute Gasteiger partial charge is 0.481 e. The van der Waals surface area contributed by atoms with Gasteiger partial charge < -0.3 is 10.2 Å². The van der Waals surface area contributed by atoms with Crippen molar-refractivity contribution >= 4 is 53.3 Å². The molecular weight excluding hydrogens is 562 g/mol. The summed E-state index contributed by atoms with van der Waals surface area (Å²) in [6.45, 7) is 3.70. The third kappa shape index (κ3) is 9.72. The van der Waals surface area contributed by atoms with Gasteiger partial charge in [-0.05, 0) is 104 Å². The third-order valence-corrected chi connectivity index (χ3v) is 8.39. The molecule has 1 saturated carbocycles. The van der Waals surface area contributed by atoms with Crippen molar-refractivity contribution in [3.8, 4) is 0 Å². The number of rotatable bonds is 10. The lowest BCUT2D eigenvalue weighted by Gasteiger charge is -2.21. The summed E-state index contributed by atoms with van der Waals surface area (Å²) in [4.78, 5) is 14.9. The highest BCUT2D eigenvalue weighted by Crippen LogP contribution is 2.49. The Bertz CT molecular complexity index is 1520. The highest BCUT2D eigenvalue weighted by atomic mass is 35.5. The van der Waals surface area contributed by atoms with Gasteiger partial charge in [0.1, 0.15) is 0 Å². The first kappa shape index (κ1) is 33.4. The molecule has 0 amide bonds. The van der Waals surface area contributed by atoms with Crippen molar-refractivity contribution in [3.05, 3.63) is 112 Å². The standard InChI is InChI=1S/C29H28ClNO.C6H10O2S.CH4/c1-29(2,32)27-12-4-3-10-23(27)11-6-9-21-7-5-8-22(19-21)13-17-26-18-15-24-14-16-25(30)20-28(24)31-26;7-5(8)3-6(4-9)1-2-6;/h3-5,7-8,10,12-20,32H,6,9,11H2,1-2H3;9H,1-4H2,(H,7,8);1H4/b17-13+;;. The van der Waals surface area contributed by atoms with Crippen LogP contribution in [0.25, 0.3) is 23.1 Å². The summed E-state index contributed by atoms with van der Waals surface area (Å²) >= 11 is 10.2. The summed E-state index contributed by atoms with van der Waals surface area (Å²) in [6.07, 6.45) is 9.51. The van der Waals surface area contributed by atoms with Gasteiger partial charge in [-0.3, -0.25) is 4.79 Å². The second-order valence-electron chi connectivity index (χ2n) is 11.4. The van der Waals surface area contributed by atoms with Crippen LogP contribution in [0.5, 0.6) is 0 Å². The molecule has 0 aliphatic heterocycles. The number of aliphatic carboxylic acids is 1. The fourth-order valence-electron chi connectivity index (χ4n) is 4.94. The van der Waals surface area contributed by atoms with Gasteiger partial charge in [0, 0.05) is 10.4 Å². The number of aromatic nitrogens is 1. The molecule has 1 aliphatic carbocycles. The maximum absolute atomic E-state index is 10.4. The van der Waals surface area contributed by atoms with Gasteiger partial charge in [0.05, 0.1) is 23.2 Å². The van der Waals surface area contributed by atoms with E-state index in [4.69, 9.17) is 21.7 Å². The molecule has 4 aromatic rings. The number of aryl methyl sites for hydroxylation is 2. The minimum absolute atomic E-state index is 0. The molecular formula is C36H42ClNO3S. The number of fused-ring (bicyclic) bond motifs is 1. The van der Waals surface area contributed by atoms with Crippen molar-refractivity contribution in [1.82, 2.24) is 4.98 Å². The molecule has 0 bridgehead atoms. The van der Waals surface area contributed by atoms with Crippen LogP contribution in [0.4, 0.5) is 0 Å². The molecule has 1 fully saturated rings. The summed E-state index contributed by atoms with van der Waals surface area (Å²) in [5.41, 5.74) is 5.78. The molecule has 6 heteroatoms. The molecule has 0 radical (unpaired) electrons. The monoisotopic (exact) mass is 603 g/mol. The number of carboxylic acids is 1. The fourth-order valence-corrected chi connectivity index (χ4v) is 5.53. The van der Waals surface area contributed by atoms with E-state index < -0.39 is 11.6 Å². The summed E-state index contributed by atoms with van der Waals surface area (Å²) in [5, 5.41) is 20.6. The zero-order valence-electron chi connectivity index (χ0n) is 23.7. The summed E-state index contributed by atoms with van der Waals surface area (Å²) in [6, 6.07) is 26.7. The predicted octanol–water partition coefficient (Wildman–Crippen LogP) is 9.27. The van der Waals surface area contributed by atoms with E-state index in [2.05, 4.69) is 55.1 Å². The smallest absolute Gasteiger partial charge is 0.303 e. The van der Waals surface area contributed by atoms with E-state index in [9.17, 15) is 9.90 Å². The second kappa shape index (κ2) is 14.9.